The number of halogens is 1. The average Bonchev–Trinajstić information content (AvgIpc) is 2.40. The van der Waals surface area contributed by atoms with Crippen LogP contribution in [0.4, 0.5) is 0 Å². The highest BCUT2D eigenvalue weighted by Gasteiger charge is 2.02. The van der Waals surface area contributed by atoms with E-state index in [1.807, 2.05) is 24.3 Å². The second-order valence-electron chi connectivity index (χ2n) is 4.96. The molecule has 0 saturated heterocycles. The van der Waals surface area contributed by atoms with E-state index in [9.17, 15) is 0 Å². The highest BCUT2D eigenvalue weighted by atomic mass is 127. The molecule has 0 bridgehead atoms. The first-order chi connectivity index (χ1) is 9.63. The maximum Gasteiger partial charge on any atom is 0.321 e. The molecule has 0 radical (unpaired) electrons. The van der Waals surface area contributed by atoms with Crippen molar-refractivity contribution in [2.45, 2.75) is 20.4 Å². The predicted octanol–water partition coefficient (Wildman–Crippen LogP) is 3.62. The number of hydrogen-bond donors (Lipinski definition) is 1. The van der Waals surface area contributed by atoms with E-state index < -0.39 is 0 Å². The van der Waals surface area contributed by atoms with Gasteiger partial charge < -0.3 is 10.1 Å². The van der Waals surface area contributed by atoms with Crippen LogP contribution in [0.25, 0.3) is 0 Å². The molecule has 0 unspecified atom stereocenters. The first-order valence-corrected chi connectivity index (χ1v) is 7.66. The van der Waals surface area contributed by atoms with Crippen LogP contribution in [0.2, 0.25) is 0 Å². The van der Waals surface area contributed by atoms with Gasteiger partial charge in [-0.3, -0.25) is 0 Å². The van der Waals surface area contributed by atoms with Gasteiger partial charge in [0.25, 0.3) is 0 Å². The lowest BCUT2D eigenvalue weighted by Crippen LogP contribution is -2.19. The molecule has 4 nitrogen and oxygen atoms in total. The van der Waals surface area contributed by atoms with E-state index in [2.05, 4.69) is 51.7 Å². The topological polar surface area (TPSA) is 47.0 Å². The Morgan fingerprint density at radius 1 is 1.25 bits per heavy atom. The lowest BCUT2D eigenvalue weighted by atomic mass is 10.2. The van der Waals surface area contributed by atoms with Crippen molar-refractivity contribution >= 4 is 22.6 Å². The molecule has 1 aromatic heterocycles. The average molecular weight is 383 g/mol. The summed E-state index contributed by atoms with van der Waals surface area (Å²) in [6.07, 6.45) is 3.59. The Morgan fingerprint density at radius 3 is 2.65 bits per heavy atom. The van der Waals surface area contributed by atoms with Crippen molar-refractivity contribution in [3.8, 4) is 11.8 Å². The van der Waals surface area contributed by atoms with Crippen molar-refractivity contribution in [2.75, 3.05) is 6.54 Å². The first kappa shape index (κ1) is 15.2. The molecular weight excluding hydrogens is 365 g/mol. The minimum absolute atomic E-state index is 0.375. The fourth-order valence-electron chi connectivity index (χ4n) is 1.63. The molecule has 0 fully saturated rings. The molecule has 1 N–H and O–H groups in total. The molecule has 106 valence electrons. The number of ether oxygens (including phenoxy) is 1. The number of nitrogens with one attached hydrogen (secondary N) is 1. The maximum absolute atomic E-state index is 5.61. The van der Waals surface area contributed by atoms with Crippen LogP contribution in [0.15, 0.2) is 36.7 Å². The molecule has 0 aliphatic rings. The fraction of sp³-hybridized carbons (Fsp3) is 0.333. The van der Waals surface area contributed by atoms with Gasteiger partial charge in [-0.1, -0.05) is 19.9 Å². The summed E-state index contributed by atoms with van der Waals surface area (Å²) in [6.45, 7) is 6.13. The third kappa shape index (κ3) is 5.05. The largest absolute Gasteiger partial charge is 0.424 e. The Labute approximate surface area is 133 Å². The van der Waals surface area contributed by atoms with Crippen LogP contribution in [-0.2, 0) is 6.54 Å². The van der Waals surface area contributed by atoms with Gasteiger partial charge in [0.2, 0.25) is 0 Å². The second kappa shape index (κ2) is 7.54. The third-order valence-electron chi connectivity index (χ3n) is 2.57. The van der Waals surface area contributed by atoms with Crippen molar-refractivity contribution in [3.05, 3.63) is 45.8 Å². The first-order valence-electron chi connectivity index (χ1n) is 6.58. The standard InChI is InChI=1S/C15H18IN3O/c1-11(2)7-17-8-12-9-18-15(19-10-12)20-14-5-3-4-13(16)6-14/h3-6,9-11,17H,7-8H2,1-2H3. The Bertz CT molecular complexity index is 543. The zero-order valence-electron chi connectivity index (χ0n) is 11.6. The van der Waals surface area contributed by atoms with Crippen LogP contribution in [0, 0.1) is 9.49 Å². The van der Waals surface area contributed by atoms with E-state index in [-0.39, 0.29) is 0 Å². The smallest absolute Gasteiger partial charge is 0.321 e. The molecule has 2 aromatic rings. The summed E-state index contributed by atoms with van der Waals surface area (Å²) in [4.78, 5) is 8.45. The van der Waals surface area contributed by atoms with E-state index in [1.54, 1.807) is 12.4 Å². The molecular formula is C15H18IN3O. The number of benzene rings is 1. The van der Waals surface area contributed by atoms with Gasteiger partial charge in [0.05, 0.1) is 0 Å². The summed E-state index contributed by atoms with van der Waals surface area (Å²) in [6, 6.07) is 8.17. The highest BCUT2D eigenvalue weighted by Crippen LogP contribution is 2.19. The van der Waals surface area contributed by atoms with Crippen molar-refractivity contribution in [2.24, 2.45) is 5.92 Å². The number of rotatable bonds is 6. The van der Waals surface area contributed by atoms with Crippen LogP contribution >= 0.6 is 22.6 Å². The summed E-state index contributed by atoms with van der Waals surface area (Å²) in [7, 11) is 0. The molecule has 2 rings (SSSR count). The summed E-state index contributed by atoms with van der Waals surface area (Å²) in [5, 5.41) is 3.36. The molecule has 0 saturated carbocycles. The van der Waals surface area contributed by atoms with Gasteiger partial charge in [-0.2, -0.15) is 0 Å². The molecule has 1 aromatic carbocycles. The Hall–Kier alpha value is -1.21. The van der Waals surface area contributed by atoms with Gasteiger partial charge in [0.15, 0.2) is 0 Å². The lowest BCUT2D eigenvalue weighted by molar-refractivity contribution is 0.440. The van der Waals surface area contributed by atoms with Gasteiger partial charge >= 0.3 is 6.01 Å². The zero-order chi connectivity index (χ0) is 14.4. The van der Waals surface area contributed by atoms with E-state index in [4.69, 9.17) is 4.74 Å². The van der Waals surface area contributed by atoms with E-state index in [0.717, 1.165) is 28.0 Å². The third-order valence-corrected chi connectivity index (χ3v) is 3.24. The Kier molecular flexibility index (Phi) is 5.72. The van der Waals surface area contributed by atoms with E-state index >= 15 is 0 Å². The molecule has 0 aliphatic carbocycles. The summed E-state index contributed by atoms with van der Waals surface area (Å²) < 4.78 is 6.73. The molecule has 0 aliphatic heterocycles. The molecule has 0 atom stereocenters. The SMILES string of the molecule is CC(C)CNCc1cnc(Oc2cccc(I)c2)nc1. The summed E-state index contributed by atoms with van der Waals surface area (Å²) in [5.41, 5.74) is 1.06. The van der Waals surface area contributed by atoms with Crippen LogP contribution in [0.5, 0.6) is 11.8 Å². The van der Waals surface area contributed by atoms with Crippen LogP contribution in [0.3, 0.4) is 0 Å². The lowest BCUT2D eigenvalue weighted by Gasteiger charge is -2.07. The number of hydrogen-bond acceptors (Lipinski definition) is 4. The molecule has 20 heavy (non-hydrogen) atoms. The van der Waals surface area contributed by atoms with Crippen LogP contribution in [0.1, 0.15) is 19.4 Å². The number of nitrogens with zero attached hydrogens (tertiary/aromatic N) is 2. The van der Waals surface area contributed by atoms with Gasteiger partial charge in [0.1, 0.15) is 5.75 Å². The molecule has 5 heteroatoms. The maximum atomic E-state index is 5.61. The van der Waals surface area contributed by atoms with Crippen molar-refractivity contribution < 1.29 is 4.74 Å². The molecule has 0 spiro atoms. The summed E-state index contributed by atoms with van der Waals surface area (Å²) >= 11 is 2.24. The quantitative estimate of drug-likeness (QED) is 0.775. The van der Waals surface area contributed by atoms with Crippen LogP contribution < -0.4 is 10.1 Å². The van der Waals surface area contributed by atoms with Crippen molar-refractivity contribution in [3.63, 3.8) is 0 Å². The fourth-order valence-corrected chi connectivity index (χ4v) is 2.14. The van der Waals surface area contributed by atoms with Crippen LogP contribution in [-0.4, -0.2) is 16.5 Å². The Morgan fingerprint density at radius 2 is 2.00 bits per heavy atom. The highest BCUT2D eigenvalue weighted by molar-refractivity contribution is 14.1. The number of aromatic nitrogens is 2. The van der Waals surface area contributed by atoms with E-state index in [1.165, 1.54) is 0 Å². The van der Waals surface area contributed by atoms with Gasteiger partial charge in [0, 0.05) is 28.1 Å². The predicted molar refractivity (Wildman–Crippen MR) is 87.8 cm³/mol. The van der Waals surface area contributed by atoms with Crippen molar-refractivity contribution in [1.29, 1.82) is 0 Å². The minimum atomic E-state index is 0.375. The second-order valence-corrected chi connectivity index (χ2v) is 6.20. The van der Waals surface area contributed by atoms with Gasteiger partial charge in [-0.15, -0.1) is 0 Å². The van der Waals surface area contributed by atoms with Gasteiger partial charge in [-0.05, 0) is 53.3 Å². The minimum Gasteiger partial charge on any atom is -0.424 e. The monoisotopic (exact) mass is 383 g/mol. The molecule has 0 amide bonds. The van der Waals surface area contributed by atoms with Gasteiger partial charge in [-0.25, -0.2) is 9.97 Å². The molecule has 1 heterocycles. The Balaban J connectivity index is 1.91. The van der Waals surface area contributed by atoms with E-state index in [0.29, 0.717) is 11.9 Å². The normalized spacial score (nSPS) is 10.8. The summed E-state index contributed by atoms with van der Waals surface area (Å²) in [5.74, 6) is 1.39. The zero-order valence-corrected chi connectivity index (χ0v) is 13.8. The van der Waals surface area contributed by atoms with Crippen molar-refractivity contribution in [1.82, 2.24) is 15.3 Å².